The van der Waals surface area contributed by atoms with Crippen molar-refractivity contribution in [2.45, 2.75) is 32.1 Å². The van der Waals surface area contributed by atoms with E-state index in [0.717, 1.165) is 59.9 Å². The SMILES string of the molecule is C=C1NCCc2cc(-c3cc(-c4ccc(C56C[C@@H]5CN(CC(C)C)C6)cc4)c(F)nc3N)ccc21. The van der Waals surface area contributed by atoms with E-state index in [-0.39, 0.29) is 5.82 Å². The quantitative estimate of drug-likeness (QED) is 0.487. The Bertz CT molecular complexity index is 1310. The summed E-state index contributed by atoms with van der Waals surface area (Å²) in [6, 6.07) is 16.6. The Morgan fingerprint density at radius 1 is 1.11 bits per heavy atom. The van der Waals surface area contributed by atoms with Crippen molar-refractivity contribution in [3.8, 4) is 22.3 Å². The number of rotatable bonds is 5. The van der Waals surface area contributed by atoms with Crippen LogP contribution in [-0.2, 0) is 11.8 Å². The molecule has 0 radical (unpaired) electrons. The summed E-state index contributed by atoms with van der Waals surface area (Å²) in [4.78, 5) is 6.69. The standard InChI is InChI=1S/C30H33FN4/c1-18(2)15-35-16-24-14-30(24,17-35)23-7-4-20(5-8-23)26-13-27(29(32)34-28(26)31)21-6-9-25-19(3)33-11-10-22(25)12-21/h4-9,12-13,18,24,33H,3,10-11,14-17H2,1-2H3,(H2,32,34)/t24-,30?/m1/s1. The third kappa shape index (κ3) is 3.82. The molecule has 1 saturated carbocycles. The topological polar surface area (TPSA) is 54.2 Å². The summed E-state index contributed by atoms with van der Waals surface area (Å²) in [6.45, 7) is 13.0. The average Bonchev–Trinajstić information content (AvgIpc) is 3.40. The van der Waals surface area contributed by atoms with Gasteiger partial charge in [-0.3, -0.25) is 0 Å². The van der Waals surface area contributed by atoms with Crippen LogP contribution in [0.2, 0.25) is 0 Å². The highest BCUT2D eigenvalue weighted by Gasteiger charge is 2.60. The molecule has 3 heterocycles. The zero-order chi connectivity index (χ0) is 24.3. The first-order chi connectivity index (χ1) is 16.8. The van der Waals surface area contributed by atoms with Gasteiger partial charge < -0.3 is 16.0 Å². The maximum Gasteiger partial charge on any atom is 0.222 e. The Morgan fingerprint density at radius 3 is 2.66 bits per heavy atom. The van der Waals surface area contributed by atoms with Gasteiger partial charge in [0.05, 0.1) is 0 Å². The molecule has 35 heavy (non-hydrogen) atoms. The van der Waals surface area contributed by atoms with Crippen molar-refractivity contribution in [3.63, 3.8) is 0 Å². The molecule has 2 aromatic carbocycles. The number of nitrogen functional groups attached to an aromatic ring is 1. The highest BCUT2D eigenvalue weighted by molar-refractivity contribution is 5.81. The lowest BCUT2D eigenvalue weighted by Crippen LogP contribution is -2.29. The van der Waals surface area contributed by atoms with Crippen LogP contribution in [0.4, 0.5) is 10.2 Å². The van der Waals surface area contributed by atoms with Crippen LogP contribution in [0.5, 0.6) is 0 Å². The van der Waals surface area contributed by atoms with E-state index in [4.69, 9.17) is 5.73 Å². The van der Waals surface area contributed by atoms with Gasteiger partial charge in [-0.05, 0) is 53.0 Å². The molecular formula is C30H33FN4. The van der Waals surface area contributed by atoms with Gasteiger partial charge >= 0.3 is 0 Å². The Hall–Kier alpha value is -3.18. The van der Waals surface area contributed by atoms with Crippen molar-refractivity contribution in [2.75, 3.05) is 31.9 Å². The smallest absolute Gasteiger partial charge is 0.222 e. The van der Waals surface area contributed by atoms with Crippen molar-refractivity contribution in [1.82, 2.24) is 15.2 Å². The molecule has 0 bridgehead atoms. The Labute approximate surface area is 207 Å². The van der Waals surface area contributed by atoms with Gasteiger partial charge in [0.25, 0.3) is 0 Å². The van der Waals surface area contributed by atoms with Crippen LogP contribution < -0.4 is 11.1 Å². The van der Waals surface area contributed by atoms with Crippen LogP contribution in [0, 0.1) is 17.8 Å². The molecule has 1 aliphatic carbocycles. The second-order valence-electron chi connectivity index (χ2n) is 11.0. The number of piperidine rings is 1. The van der Waals surface area contributed by atoms with Gasteiger partial charge in [0.15, 0.2) is 0 Å². The molecule has 2 aliphatic heterocycles. The normalized spacial score (nSPS) is 23.2. The molecular weight excluding hydrogens is 435 g/mol. The predicted octanol–water partition coefficient (Wildman–Crippen LogP) is 5.48. The van der Waals surface area contributed by atoms with Gasteiger partial charge in [-0.2, -0.15) is 4.39 Å². The summed E-state index contributed by atoms with van der Waals surface area (Å²) in [5.74, 6) is 1.13. The van der Waals surface area contributed by atoms with E-state index in [1.165, 1.54) is 24.1 Å². The maximum atomic E-state index is 15.0. The number of fused-ring (bicyclic) bond motifs is 2. The molecule has 3 aromatic rings. The van der Waals surface area contributed by atoms with Crippen LogP contribution in [0.1, 0.15) is 37.0 Å². The van der Waals surface area contributed by atoms with E-state index < -0.39 is 5.95 Å². The summed E-state index contributed by atoms with van der Waals surface area (Å²) < 4.78 is 15.0. The molecule has 0 spiro atoms. The number of nitrogens with one attached hydrogen (secondary N) is 1. The number of halogens is 1. The van der Waals surface area contributed by atoms with Crippen molar-refractivity contribution >= 4 is 11.5 Å². The van der Waals surface area contributed by atoms with Crippen LogP contribution in [0.3, 0.4) is 0 Å². The van der Waals surface area contributed by atoms with Gasteiger partial charge in [0.2, 0.25) is 5.95 Å². The van der Waals surface area contributed by atoms with E-state index in [9.17, 15) is 4.39 Å². The van der Waals surface area contributed by atoms with Crippen molar-refractivity contribution in [1.29, 1.82) is 0 Å². The monoisotopic (exact) mass is 468 g/mol. The molecule has 1 aromatic heterocycles. The number of hydrogen-bond donors (Lipinski definition) is 2. The molecule has 3 aliphatic rings. The van der Waals surface area contributed by atoms with Gasteiger partial charge in [0.1, 0.15) is 5.82 Å². The molecule has 0 amide bonds. The fourth-order valence-corrected chi connectivity index (χ4v) is 6.31. The summed E-state index contributed by atoms with van der Waals surface area (Å²) in [6.07, 6.45) is 2.19. The highest BCUT2D eigenvalue weighted by atomic mass is 19.1. The number of nitrogens with two attached hydrogens (primary N) is 1. The highest BCUT2D eigenvalue weighted by Crippen LogP contribution is 2.59. The van der Waals surface area contributed by atoms with Crippen LogP contribution >= 0.6 is 0 Å². The minimum Gasteiger partial charge on any atom is -0.385 e. The lowest BCUT2D eigenvalue weighted by atomic mass is 9.91. The molecule has 180 valence electrons. The van der Waals surface area contributed by atoms with Gasteiger partial charge in [-0.25, -0.2) is 4.98 Å². The largest absolute Gasteiger partial charge is 0.385 e. The fraction of sp³-hybridized carbons (Fsp3) is 0.367. The van der Waals surface area contributed by atoms with Crippen LogP contribution in [0.15, 0.2) is 55.1 Å². The predicted molar refractivity (Wildman–Crippen MR) is 141 cm³/mol. The van der Waals surface area contributed by atoms with Gasteiger partial charge in [-0.15, -0.1) is 0 Å². The number of benzene rings is 2. The summed E-state index contributed by atoms with van der Waals surface area (Å²) in [5.41, 5.74) is 14.2. The first kappa shape index (κ1) is 22.3. The summed E-state index contributed by atoms with van der Waals surface area (Å²) in [7, 11) is 0. The minimum atomic E-state index is -0.527. The molecule has 1 unspecified atom stereocenters. The van der Waals surface area contributed by atoms with Crippen molar-refractivity contribution in [3.05, 3.63) is 77.7 Å². The van der Waals surface area contributed by atoms with Crippen molar-refractivity contribution in [2.24, 2.45) is 11.8 Å². The molecule has 1 saturated heterocycles. The molecule has 2 fully saturated rings. The zero-order valence-corrected chi connectivity index (χ0v) is 20.6. The number of pyridine rings is 1. The molecule has 6 rings (SSSR count). The first-order valence-electron chi connectivity index (χ1n) is 12.7. The number of aromatic nitrogens is 1. The maximum absolute atomic E-state index is 15.0. The lowest BCUT2D eigenvalue weighted by Gasteiger charge is -2.23. The van der Waals surface area contributed by atoms with E-state index in [0.29, 0.717) is 16.9 Å². The molecule has 2 atom stereocenters. The fourth-order valence-electron chi connectivity index (χ4n) is 6.31. The van der Waals surface area contributed by atoms with Crippen LogP contribution in [0.25, 0.3) is 28.0 Å². The lowest BCUT2D eigenvalue weighted by molar-refractivity contribution is 0.265. The summed E-state index contributed by atoms with van der Waals surface area (Å²) >= 11 is 0. The number of nitrogens with zero attached hydrogens (tertiary/aromatic N) is 2. The first-order valence-corrected chi connectivity index (χ1v) is 12.7. The zero-order valence-electron chi connectivity index (χ0n) is 20.6. The van der Waals surface area contributed by atoms with E-state index in [2.05, 4.69) is 59.9 Å². The summed E-state index contributed by atoms with van der Waals surface area (Å²) in [5, 5.41) is 3.30. The van der Waals surface area contributed by atoms with Gasteiger partial charge in [0, 0.05) is 54.0 Å². The van der Waals surface area contributed by atoms with Gasteiger partial charge in [-0.1, -0.05) is 62.9 Å². The van der Waals surface area contributed by atoms with E-state index in [1.807, 2.05) is 24.3 Å². The average molecular weight is 469 g/mol. The number of hydrogen-bond acceptors (Lipinski definition) is 4. The Morgan fingerprint density at radius 2 is 1.89 bits per heavy atom. The number of anilines is 1. The molecule has 3 N–H and O–H groups in total. The van der Waals surface area contributed by atoms with Crippen LogP contribution in [-0.4, -0.2) is 36.1 Å². The molecule has 4 nitrogen and oxygen atoms in total. The third-order valence-corrected chi connectivity index (χ3v) is 8.09. The van der Waals surface area contributed by atoms with E-state index >= 15 is 0 Å². The second kappa shape index (κ2) is 8.20. The Kier molecular flexibility index (Phi) is 5.22. The number of likely N-dealkylation sites (tertiary alicyclic amines) is 1. The third-order valence-electron chi connectivity index (χ3n) is 8.09. The Balaban J connectivity index is 1.30. The van der Waals surface area contributed by atoms with E-state index in [1.54, 1.807) is 0 Å². The van der Waals surface area contributed by atoms with Crippen molar-refractivity contribution < 1.29 is 4.39 Å². The minimum absolute atomic E-state index is 0.214. The molecule has 5 heteroatoms. The second-order valence-corrected chi connectivity index (χ2v) is 11.0.